The molecule has 6 nitrogen and oxygen atoms in total. The number of rotatable bonds is 5. The van der Waals surface area contributed by atoms with Gasteiger partial charge in [0.25, 0.3) is 5.56 Å². The van der Waals surface area contributed by atoms with Crippen LogP contribution < -0.4 is 15.6 Å². The van der Waals surface area contributed by atoms with Crippen LogP contribution in [0.3, 0.4) is 0 Å². The van der Waals surface area contributed by atoms with E-state index in [4.69, 9.17) is 4.74 Å². The van der Waals surface area contributed by atoms with E-state index in [-0.39, 0.29) is 17.9 Å². The topological polar surface area (TPSA) is 73.2 Å². The summed E-state index contributed by atoms with van der Waals surface area (Å²) in [7, 11) is 1.61. The van der Waals surface area contributed by atoms with Crippen molar-refractivity contribution in [3.63, 3.8) is 0 Å². The Hall–Kier alpha value is -3.19. The second-order valence-corrected chi connectivity index (χ2v) is 7.97. The molecule has 0 aliphatic carbocycles. The first-order chi connectivity index (χ1) is 14.0. The number of hydrogen-bond acceptors (Lipinski definition) is 5. The molecule has 0 unspecified atom stereocenters. The lowest BCUT2D eigenvalue weighted by Gasteiger charge is -2.13. The molecule has 148 valence electrons. The average molecular weight is 407 g/mol. The number of benzene rings is 2. The summed E-state index contributed by atoms with van der Waals surface area (Å²) in [6.45, 7) is 4.22. The molecule has 2 aromatic carbocycles. The molecule has 4 aromatic rings. The first-order valence-corrected chi connectivity index (χ1v) is 10.1. The number of carbonyl (C=O) groups is 1. The molecule has 4 rings (SSSR count). The number of thiazole rings is 1. The SMILES string of the molecule is COc1ccc2nc(NC(=O)CCn3c(=O)cc(C)c4cccc(C)c43)sc2c1. The van der Waals surface area contributed by atoms with Crippen LogP contribution in [-0.2, 0) is 11.3 Å². The molecular weight excluding hydrogens is 386 g/mol. The van der Waals surface area contributed by atoms with Crippen molar-refractivity contribution in [3.05, 3.63) is 63.9 Å². The van der Waals surface area contributed by atoms with Crippen molar-refractivity contribution < 1.29 is 9.53 Å². The van der Waals surface area contributed by atoms with Crippen LogP contribution in [-0.4, -0.2) is 22.6 Å². The number of nitrogens with zero attached hydrogens (tertiary/aromatic N) is 2. The van der Waals surface area contributed by atoms with E-state index in [9.17, 15) is 9.59 Å². The number of pyridine rings is 1. The Morgan fingerprint density at radius 2 is 2.00 bits per heavy atom. The van der Waals surface area contributed by atoms with Gasteiger partial charge in [-0.3, -0.25) is 9.59 Å². The maximum absolute atomic E-state index is 12.6. The highest BCUT2D eigenvalue weighted by Crippen LogP contribution is 2.29. The highest BCUT2D eigenvalue weighted by Gasteiger charge is 2.12. The van der Waals surface area contributed by atoms with E-state index in [1.54, 1.807) is 17.7 Å². The number of ether oxygens (including phenoxy) is 1. The van der Waals surface area contributed by atoms with Gasteiger partial charge in [0.2, 0.25) is 5.91 Å². The third-order valence-corrected chi connectivity index (χ3v) is 5.88. The van der Waals surface area contributed by atoms with Gasteiger partial charge in [0.15, 0.2) is 5.13 Å². The third-order valence-electron chi connectivity index (χ3n) is 4.94. The molecule has 1 amide bonds. The number of para-hydroxylation sites is 1. The predicted molar refractivity (Wildman–Crippen MR) is 117 cm³/mol. The van der Waals surface area contributed by atoms with E-state index in [1.807, 2.05) is 50.2 Å². The van der Waals surface area contributed by atoms with Crippen LogP contribution in [0, 0.1) is 13.8 Å². The molecule has 0 spiro atoms. The molecule has 0 atom stereocenters. The van der Waals surface area contributed by atoms with E-state index in [0.717, 1.165) is 38.0 Å². The maximum atomic E-state index is 12.6. The number of aromatic nitrogens is 2. The summed E-state index contributed by atoms with van der Waals surface area (Å²) in [6, 6.07) is 13.2. The first kappa shape index (κ1) is 19.1. The third kappa shape index (κ3) is 3.73. The zero-order chi connectivity index (χ0) is 20.5. The maximum Gasteiger partial charge on any atom is 0.251 e. The van der Waals surface area contributed by atoms with Crippen molar-refractivity contribution in [2.24, 2.45) is 0 Å². The number of aryl methyl sites for hydroxylation is 3. The number of anilines is 1. The van der Waals surface area contributed by atoms with Gasteiger partial charge in [0.1, 0.15) is 5.75 Å². The Bertz CT molecular complexity index is 1290. The van der Waals surface area contributed by atoms with Crippen LogP contribution in [0.25, 0.3) is 21.1 Å². The molecule has 29 heavy (non-hydrogen) atoms. The molecule has 0 radical (unpaired) electrons. The monoisotopic (exact) mass is 407 g/mol. The number of amides is 1. The van der Waals surface area contributed by atoms with Crippen molar-refractivity contribution in [3.8, 4) is 5.75 Å². The summed E-state index contributed by atoms with van der Waals surface area (Å²) >= 11 is 1.40. The molecular formula is C22H21N3O3S. The quantitative estimate of drug-likeness (QED) is 0.536. The smallest absolute Gasteiger partial charge is 0.251 e. The van der Waals surface area contributed by atoms with Crippen molar-refractivity contribution in [2.45, 2.75) is 26.8 Å². The predicted octanol–water partition coefficient (Wildman–Crippen LogP) is 4.27. The summed E-state index contributed by atoms with van der Waals surface area (Å²) in [6.07, 6.45) is 0.186. The summed E-state index contributed by atoms with van der Waals surface area (Å²) < 4.78 is 7.85. The van der Waals surface area contributed by atoms with Crippen LogP contribution in [0.2, 0.25) is 0 Å². The van der Waals surface area contributed by atoms with Gasteiger partial charge in [-0.25, -0.2) is 4.98 Å². The fourth-order valence-corrected chi connectivity index (χ4v) is 4.40. The molecule has 7 heteroatoms. The number of fused-ring (bicyclic) bond motifs is 2. The highest BCUT2D eigenvalue weighted by atomic mass is 32.1. The summed E-state index contributed by atoms with van der Waals surface area (Å²) in [5.74, 6) is 0.574. The Balaban J connectivity index is 1.54. The van der Waals surface area contributed by atoms with Crippen LogP contribution in [0.4, 0.5) is 5.13 Å². The molecule has 0 aliphatic rings. The summed E-state index contributed by atoms with van der Waals surface area (Å²) in [4.78, 5) is 29.5. The van der Waals surface area contributed by atoms with Crippen molar-refractivity contribution in [1.29, 1.82) is 0 Å². The minimum absolute atomic E-state index is 0.0933. The molecule has 0 bridgehead atoms. The molecule has 1 N–H and O–H groups in total. The molecule has 0 saturated carbocycles. The van der Waals surface area contributed by atoms with Gasteiger partial charge >= 0.3 is 0 Å². The molecule has 2 heterocycles. The van der Waals surface area contributed by atoms with E-state index in [1.165, 1.54) is 11.3 Å². The van der Waals surface area contributed by atoms with Crippen LogP contribution in [0.5, 0.6) is 5.75 Å². The molecule has 0 fully saturated rings. The first-order valence-electron chi connectivity index (χ1n) is 9.30. The Kier molecular flexibility index (Phi) is 5.07. The normalized spacial score (nSPS) is 11.1. The highest BCUT2D eigenvalue weighted by molar-refractivity contribution is 7.22. The van der Waals surface area contributed by atoms with Crippen molar-refractivity contribution in [2.75, 3.05) is 12.4 Å². The minimum Gasteiger partial charge on any atom is -0.497 e. The standard InChI is InChI=1S/C22H21N3O3S/c1-13-5-4-6-16-14(2)11-20(27)25(21(13)16)10-9-19(26)24-22-23-17-8-7-15(28-3)12-18(17)29-22/h4-8,11-12H,9-10H2,1-3H3,(H,23,24,26). The second-order valence-electron chi connectivity index (χ2n) is 6.94. The molecule has 0 saturated heterocycles. The number of hydrogen-bond donors (Lipinski definition) is 1. The second kappa shape index (κ2) is 7.67. The van der Waals surface area contributed by atoms with E-state index < -0.39 is 0 Å². The van der Waals surface area contributed by atoms with Gasteiger partial charge in [-0.1, -0.05) is 29.5 Å². The zero-order valence-electron chi connectivity index (χ0n) is 16.5. The molecule has 0 aliphatic heterocycles. The van der Waals surface area contributed by atoms with Crippen molar-refractivity contribution >= 4 is 43.5 Å². The zero-order valence-corrected chi connectivity index (χ0v) is 17.3. The van der Waals surface area contributed by atoms with E-state index in [0.29, 0.717) is 11.7 Å². The van der Waals surface area contributed by atoms with Gasteiger partial charge in [-0.2, -0.15) is 0 Å². The Morgan fingerprint density at radius 3 is 2.79 bits per heavy atom. The van der Waals surface area contributed by atoms with E-state index in [2.05, 4.69) is 10.3 Å². The van der Waals surface area contributed by atoms with E-state index >= 15 is 0 Å². The summed E-state index contributed by atoms with van der Waals surface area (Å²) in [5.41, 5.74) is 3.56. The fraction of sp³-hybridized carbons (Fsp3) is 0.227. The lowest BCUT2D eigenvalue weighted by molar-refractivity contribution is -0.116. The van der Waals surface area contributed by atoms with Gasteiger partial charge in [-0.15, -0.1) is 0 Å². The van der Waals surface area contributed by atoms with Gasteiger partial charge in [-0.05, 0) is 43.2 Å². The number of methoxy groups -OCH3 is 1. The molecule has 2 aromatic heterocycles. The van der Waals surface area contributed by atoms with Gasteiger partial charge in [0, 0.05) is 24.4 Å². The average Bonchev–Trinajstić information content (AvgIpc) is 3.09. The van der Waals surface area contributed by atoms with Crippen molar-refractivity contribution in [1.82, 2.24) is 9.55 Å². The lowest BCUT2D eigenvalue weighted by atomic mass is 10.1. The fourth-order valence-electron chi connectivity index (χ4n) is 3.49. The van der Waals surface area contributed by atoms with Crippen LogP contribution >= 0.6 is 11.3 Å². The summed E-state index contributed by atoms with van der Waals surface area (Å²) in [5, 5.41) is 4.41. The van der Waals surface area contributed by atoms with Gasteiger partial charge < -0.3 is 14.6 Å². The lowest BCUT2D eigenvalue weighted by Crippen LogP contribution is -2.24. The minimum atomic E-state index is -0.176. The largest absolute Gasteiger partial charge is 0.497 e. The number of carbonyl (C=O) groups excluding carboxylic acids is 1. The number of nitrogens with one attached hydrogen (secondary N) is 1. The van der Waals surface area contributed by atoms with Crippen LogP contribution in [0.15, 0.2) is 47.3 Å². The Labute approximate surface area is 171 Å². The van der Waals surface area contributed by atoms with Gasteiger partial charge in [0.05, 0.1) is 22.8 Å². The van der Waals surface area contributed by atoms with Crippen LogP contribution in [0.1, 0.15) is 17.5 Å². The Morgan fingerprint density at radius 1 is 1.17 bits per heavy atom.